The molecule has 0 radical (unpaired) electrons. The minimum absolute atomic E-state index is 0.0343. The molecule has 1 unspecified atom stereocenters. The number of hydrogen-bond acceptors (Lipinski definition) is 2. The summed E-state index contributed by atoms with van der Waals surface area (Å²) in [6, 6.07) is 0. The van der Waals surface area contributed by atoms with Gasteiger partial charge in [0, 0.05) is 19.0 Å². The second-order valence-corrected chi connectivity index (χ2v) is 5.62. The number of carbonyl (C=O) groups is 1. The van der Waals surface area contributed by atoms with Crippen LogP contribution in [0, 0.1) is 11.3 Å². The first kappa shape index (κ1) is 13.2. The summed E-state index contributed by atoms with van der Waals surface area (Å²) < 4.78 is 0. The van der Waals surface area contributed by atoms with E-state index >= 15 is 0 Å². The number of rotatable bonds is 3. The Bertz CT molecular complexity index is 276. The lowest BCUT2D eigenvalue weighted by atomic mass is 9.81. The highest BCUT2D eigenvalue weighted by Crippen LogP contribution is 2.25. The summed E-state index contributed by atoms with van der Waals surface area (Å²) in [5, 5.41) is 6.28. The Balaban J connectivity index is 2.37. The van der Waals surface area contributed by atoms with Crippen LogP contribution in [0.5, 0.6) is 0 Å². The second-order valence-electron chi connectivity index (χ2n) is 5.62. The van der Waals surface area contributed by atoms with Gasteiger partial charge in [-0.25, -0.2) is 0 Å². The summed E-state index contributed by atoms with van der Waals surface area (Å²) in [6.07, 6.45) is 3.22. The normalized spacial score (nSPS) is 18.9. The van der Waals surface area contributed by atoms with E-state index < -0.39 is 0 Å². The molecule has 1 rings (SSSR count). The van der Waals surface area contributed by atoms with E-state index in [4.69, 9.17) is 0 Å². The van der Waals surface area contributed by atoms with Crippen LogP contribution in [0.1, 0.15) is 34.1 Å². The molecule has 0 fully saturated rings. The van der Waals surface area contributed by atoms with Crippen molar-refractivity contribution in [3.8, 4) is 0 Å². The maximum atomic E-state index is 11.9. The predicted molar refractivity (Wildman–Crippen MR) is 67.2 cm³/mol. The Morgan fingerprint density at radius 1 is 1.56 bits per heavy atom. The van der Waals surface area contributed by atoms with Crippen molar-refractivity contribution in [1.29, 1.82) is 0 Å². The summed E-state index contributed by atoms with van der Waals surface area (Å²) in [6.45, 7) is 11.0. The van der Waals surface area contributed by atoms with E-state index in [0.717, 1.165) is 19.5 Å². The van der Waals surface area contributed by atoms with Gasteiger partial charge >= 0.3 is 0 Å². The Morgan fingerprint density at radius 3 is 2.75 bits per heavy atom. The molecule has 1 heterocycles. The van der Waals surface area contributed by atoms with Gasteiger partial charge in [0.15, 0.2) is 0 Å². The summed E-state index contributed by atoms with van der Waals surface area (Å²) in [5.74, 6) is 0.210. The van der Waals surface area contributed by atoms with E-state index in [0.29, 0.717) is 6.54 Å². The van der Waals surface area contributed by atoms with Crippen LogP contribution >= 0.6 is 0 Å². The largest absolute Gasteiger partial charge is 0.352 e. The summed E-state index contributed by atoms with van der Waals surface area (Å²) >= 11 is 0. The van der Waals surface area contributed by atoms with Crippen LogP contribution in [0.15, 0.2) is 11.6 Å². The lowest BCUT2D eigenvalue weighted by molar-refractivity contribution is -0.127. The van der Waals surface area contributed by atoms with Gasteiger partial charge in [-0.2, -0.15) is 0 Å². The molecule has 0 aromatic carbocycles. The van der Waals surface area contributed by atoms with Crippen LogP contribution in [-0.4, -0.2) is 25.5 Å². The predicted octanol–water partition coefficient (Wildman–Crippen LogP) is 1.70. The fourth-order valence-electron chi connectivity index (χ4n) is 1.58. The van der Waals surface area contributed by atoms with Gasteiger partial charge in [0.2, 0.25) is 5.91 Å². The molecule has 0 aromatic rings. The molecule has 1 atom stereocenters. The van der Waals surface area contributed by atoms with Crippen molar-refractivity contribution in [2.24, 2.45) is 11.3 Å². The lowest BCUT2D eigenvalue weighted by Gasteiger charge is -2.26. The zero-order valence-electron chi connectivity index (χ0n) is 10.9. The molecule has 0 spiro atoms. The van der Waals surface area contributed by atoms with Crippen LogP contribution in [0.4, 0.5) is 0 Å². The minimum atomic E-state index is 0.0343. The third kappa shape index (κ3) is 3.97. The van der Waals surface area contributed by atoms with Crippen molar-refractivity contribution in [2.75, 3.05) is 19.6 Å². The Kier molecular flexibility index (Phi) is 4.54. The average molecular weight is 224 g/mol. The molecule has 0 aromatic heterocycles. The summed E-state index contributed by atoms with van der Waals surface area (Å²) in [4.78, 5) is 11.9. The van der Waals surface area contributed by atoms with Crippen molar-refractivity contribution in [2.45, 2.75) is 34.1 Å². The summed E-state index contributed by atoms with van der Waals surface area (Å²) in [7, 11) is 0. The molecule has 0 bridgehead atoms. The van der Waals surface area contributed by atoms with E-state index in [-0.39, 0.29) is 17.2 Å². The molecular formula is C13H24N2O. The first-order valence-corrected chi connectivity index (χ1v) is 6.07. The first-order chi connectivity index (χ1) is 7.41. The summed E-state index contributed by atoms with van der Waals surface area (Å²) in [5.41, 5.74) is 1.38. The van der Waals surface area contributed by atoms with Gasteiger partial charge in [0.25, 0.3) is 0 Å². The third-order valence-electron chi connectivity index (χ3n) is 3.34. The van der Waals surface area contributed by atoms with Gasteiger partial charge in [-0.3, -0.25) is 4.79 Å². The molecule has 3 heteroatoms. The van der Waals surface area contributed by atoms with E-state index in [9.17, 15) is 4.79 Å². The van der Waals surface area contributed by atoms with Gasteiger partial charge in [-0.1, -0.05) is 39.3 Å². The van der Waals surface area contributed by atoms with Crippen molar-refractivity contribution in [3.63, 3.8) is 0 Å². The zero-order chi connectivity index (χ0) is 12.2. The maximum absolute atomic E-state index is 11.9. The third-order valence-corrected chi connectivity index (χ3v) is 3.34. The molecule has 16 heavy (non-hydrogen) atoms. The number of carbonyl (C=O) groups excluding carboxylic acids is 1. The smallest absolute Gasteiger partial charge is 0.223 e. The molecule has 1 aliphatic heterocycles. The van der Waals surface area contributed by atoms with Crippen LogP contribution in [-0.2, 0) is 4.79 Å². The van der Waals surface area contributed by atoms with Gasteiger partial charge in [0.1, 0.15) is 0 Å². The molecule has 2 N–H and O–H groups in total. The van der Waals surface area contributed by atoms with E-state index in [2.05, 4.69) is 37.5 Å². The Morgan fingerprint density at radius 2 is 2.25 bits per heavy atom. The average Bonchev–Trinajstić information content (AvgIpc) is 2.25. The van der Waals surface area contributed by atoms with E-state index in [1.54, 1.807) is 0 Å². The Labute approximate surface area is 98.7 Å². The standard InChI is InChI=1S/C13H24N2O/c1-10(13(2,3)4)12(16)15-9-11-5-7-14-8-6-11/h5,10,14H,6-9H2,1-4H3,(H,15,16). The maximum Gasteiger partial charge on any atom is 0.223 e. The van der Waals surface area contributed by atoms with Crippen LogP contribution in [0.2, 0.25) is 0 Å². The zero-order valence-corrected chi connectivity index (χ0v) is 10.9. The number of nitrogens with one attached hydrogen (secondary N) is 2. The van der Waals surface area contributed by atoms with Gasteiger partial charge in [0.05, 0.1) is 0 Å². The Hall–Kier alpha value is -0.830. The molecule has 0 saturated carbocycles. The van der Waals surface area contributed by atoms with E-state index in [1.165, 1.54) is 5.57 Å². The molecule has 0 aliphatic carbocycles. The molecule has 1 amide bonds. The topological polar surface area (TPSA) is 41.1 Å². The highest BCUT2D eigenvalue weighted by atomic mass is 16.1. The molecular weight excluding hydrogens is 200 g/mol. The van der Waals surface area contributed by atoms with Gasteiger partial charge in [-0.05, 0) is 18.4 Å². The number of hydrogen-bond donors (Lipinski definition) is 2. The highest BCUT2D eigenvalue weighted by Gasteiger charge is 2.26. The van der Waals surface area contributed by atoms with Crippen LogP contribution in [0.25, 0.3) is 0 Å². The van der Waals surface area contributed by atoms with Crippen molar-refractivity contribution in [3.05, 3.63) is 11.6 Å². The number of amides is 1. The SMILES string of the molecule is CC(C(=O)NCC1=CCNCC1)C(C)(C)C. The fourth-order valence-corrected chi connectivity index (χ4v) is 1.58. The van der Waals surface area contributed by atoms with Crippen LogP contribution in [0.3, 0.4) is 0 Å². The minimum Gasteiger partial charge on any atom is -0.352 e. The highest BCUT2D eigenvalue weighted by molar-refractivity contribution is 5.79. The van der Waals surface area contributed by atoms with Crippen molar-refractivity contribution >= 4 is 5.91 Å². The van der Waals surface area contributed by atoms with Gasteiger partial charge in [-0.15, -0.1) is 0 Å². The monoisotopic (exact) mass is 224 g/mol. The quantitative estimate of drug-likeness (QED) is 0.716. The molecule has 92 valence electrons. The lowest BCUT2D eigenvalue weighted by Crippen LogP contribution is -2.37. The second kappa shape index (κ2) is 5.48. The van der Waals surface area contributed by atoms with E-state index in [1.807, 2.05) is 6.92 Å². The fraction of sp³-hybridized carbons (Fsp3) is 0.769. The van der Waals surface area contributed by atoms with Crippen molar-refractivity contribution in [1.82, 2.24) is 10.6 Å². The molecule has 3 nitrogen and oxygen atoms in total. The van der Waals surface area contributed by atoms with Gasteiger partial charge < -0.3 is 10.6 Å². The first-order valence-electron chi connectivity index (χ1n) is 6.07. The van der Waals surface area contributed by atoms with Crippen molar-refractivity contribution < 1.29 is 4.79 Å². The molecule has 0 saturated heterocycles. The van der Waals surface area contributed by atoms with Crippen LogP contribution < -0.4 is 10.6 Å². The molecule has 1 aliphatic rings.